The van der Waals surface area contributed by atoms with Crippen LogP contribution >= 0.6 is 27.5 Å². The third-order valence-corrected chi connectivity index (χ3v) is 3.09. The maximum absolute atomic E-state index is 11.8. The number of halogens is 2. The van der Waals surface area contributed by atoms with Gasteiger partial charge < -0.3 is 5.73 Å². The molecule has 2 rings (SSSR count). The molecule has 0 radical (unpaired) electrons. The molecule has 0 saturated carbocycles. The lowest BCUT2D eigenvalue weighted by atomic mass is 10.2. The van der Waals surface area contributed by atoms with Crippen LogP contribution in [0.1, 0.15) is 5.56 Å². The predicted molar refractivity (Wildman–Crippen MR) is 71.2 cm³/mol. The van der Waals surface area contributed by atoms with E-state index >= 15 is 0 Å². The Hall–Kier alpha value is -1.33. The fourth-order valence-corrected chi connectivity index (χ4v) is 1.96. The Morgan fingerprint density at radius 3 is 2.94 bits per heavy atom. The van der Waals surface area contributed by atoms with Gasteiger partial charge in [0, 0.05) is 16.9 Å². The average molecular weight is 315 g/mol. The van der Waals surface area contributed by atoms with Crippen molar-refractivity contribution in [2.45, 2.75) is 6.54 Å². The minimum absolute atomic E-state index is 0.144. The zero-order valence-corrected chi connectivity index (χ0v) is 11.1. The first-order valence-electron chi connectivity index (χ1n) is 4.82. The summed E-state index contributed by atoms with van der Waals surface area (Å²) >= 11 is 8.95. The van der Waals surface area contributed by atoms with Crippen molar-refractivity contribution < 1.29 is 0 Å². The molecule has 0 fully saturated rings. The third-order valence-electron chi connectivity index (χ3n) is 2.31. The Kier molecular flexibility index (Phi) is 3.49. The first-order valence-corrected chi connectivity index (χ1v) is 5.99. The maximum Gasteiger partial charge on any atom is 0.267 e. The molecule has 4 nitrogen and oxygen atoms in total. The summed E-state index contributed by atoms with van der Waals surface area (Å²) in [6.07, 6.45) is 2.94. The minimum atomic E-state index is -0.144. The second-order valence-electron chi connectivity index (χ2n) is 3.52. The lowest BCUT2D eigenvalue weighted by Crippen LogP contribution is -2.21. The van der Waals surface area contributed by atoms with Crippen molar-refractivity contribution in [2.24, 2.45) is 0 Å². The average Bonchev–Trinajstić information content (AvgIpc) is 2.28. The summed E-state index contributed by atoms with van der Waals surface area (Å²) in [5.74, 6) is 0. The zero-order valence-electron chi connectivity index (χ0n) is 8.73. The number of anilines is 1. The van der Waals surface area contributed by atoms with Crippen LogP contribution in [0, 0.1) is 0 Å². The SMILES string of the molecule is Nc1cc(Cl)ccc1Cn1cncc(Br)c1=O. The molecular weight excluding hydrogens is 305 g/mol. The molecule has 1 heterocycles. The van der Waals surface area contributed by atoms with E-state index in [9.17, 15) is 4.79 Å². The molecule has 0 saturated heterocycles. The minimum Gasteiger partial charge on any atom is -0.398 e. The number of rotatable bonds is 2. The van der Waals surface area contributed by atoms with Gasteiger partial charge in [0.1, 0.15) is 4.47 Å². The van der Waals surface area contributed by atoms with Gasteiger partial charge in [0.2, 0.25) is 0 Å². The van der Waals surface area contributed by atoms with E-state index in [0.717, 1.165) is 5.56 Å². The molecule has 0 bridgehead atoms. The fourth-order valence-electron chi connectivity index (χ4n) is 1.43. The van der Waals surface area contributed by atoms with Crippen molar-refractivity contribution in [3.8, 4) is 0 Å². The molecule has 0 aliphatic carbocycles. The van der Waals surface area contributed by atoms with Crippen LogP contribution in [0.4, 0.5) is 5.69 Å². The highest BCUT2D eigenvalue weighted by atomic mass is 79.9. The second-order valence-corrected chi connectivity index (χ2v) is 4.81. The summed E-state index contributed by atoms with van der Waals surface area (Å²) < 4.78 is 1.90. The summed E-state index contributed by atoms with van der Waals surface area (Å²) in [5.41, 5.74) is 7.07. The molecule has 1 aromatic carbocycles. The quantitative estimate of drug-likeness (QED) is 0.865. The first-order chi connectivity index (χ1) is 8.08. The van der Waals surface area contributed by atoms with Gasteiger partial charge in [-0.15, -0.1) is 0 Å². The van der Waals surface area contributed by atoms with Gasteiger partial charge in [0.05, 0.1) is 12.9 Å². The largest absolute Gasteiger partial charge is 0.398 e. The molecule has 6 heteroatoms. The summed E-state index contributed by atoms with van der Waals surface area (Å²) in [5, 5.41) is 0.575. The number of benzene rings is 1. The highest BCUT2D eigenvalue weighted by molar-refractivity contribution is 9.10. The highest BCUT2D eigenvalue weighted by Crippen LogP contribution is 2.18. The molecule has 0 atom stereocenters. The number of nitrogen functional groups attached to an aromatic ring is 1. The molecule has 17 heavy (non-hydrogen) atoms. The van der Waals surface area contributed by atoms with Crippen molar-refractivity contribution in [1.82, 2.24) is 9.55 Å². The smallest absolute Gasteiger partial charge is 0.267 e. The van der Waals surface area contributed by atoms with Crippen molar-refractivity contribution in [1.29, 1.82) is 0 Å². The van der Waals surface area contributed by atoms with Gasteiger partial charge in [0.25, 0.3) is 5.56 Å². The maximum atomic E-state index is 11.8. The van der Waals surface area contributed by atoms with E-state index in [4.69, 9.17) is 17.3 Å². The number of hydrogen-bond donors (Lipinski definition) is 1. The van der Waals surface area contributed by atoms with Gasteiger partial charge in [-0.25, -0.2) is 4.98 Å². The topological polar surface area (TPSA) is 60.9 Å². The fraction of sp³-hybridized carbons (Fsp3) is 0.0909. The van der Waals surface area contributed by atoms with Crippen molar-refractivity contribution in [2.75, 3.05) is 5.73 Å². The second kappa shape index (κ2) is 4.89. The van der Waals surface area contributed by atoms with Crippen LogP contribution in [0.3, 0.4) is 0 Å². The highest BCUT2D eigenvalue weighted by Gasteiger charge is 2.05. The molecule has 1 aromatic heterocycles. The normalized spacial score (nSPS) is 10.5. The summed E-state index contributed by atoms with van der Waals surface area (Å²) in [4.78, 5) is 15.7. The van der Waals surface area contributed by atoms with E-state index in [1.807, 2.05) is 0 Å². The number of hydrogen-bond acceptors (Lipinski definition) is 3. The monoisotopic (exact) mass is 313 g/mol. The molecule has 2 N–H and O–H groups in total. The lowest BCUT2D eigenvalue weighted by Gasteiger charge is -2.08. The van der Waals surface area contributed by atoms with Crippen molar-refractivity contribution >= 4 is 33.2 Å². The summed E-state index contributed by atoms with van der Waals surface area (Å²) in [6.45, 7) is 0.369. The van der Waals surface area contributed by atoms with Gasteiger partial charge in [-0.3, -0.25) is 9.36 Å². The van der Waals surface area contributed by atoms with E-state index in [1.54, 1.807) is 18.2 Å². The van der Waals surface area contributed by atoms with Crippen LogP contribution in [0.2, 0.25) is 5.02 Å². The van der Waals surface area contributed by atoms with Gasteiger partial charge in [-0.05, 0) is 33.6 Å². The lowest BCUT2D eigenvalue weighted by molar-refractivity contribution is 0.732. The Morgan fingerprint density at radius 2 is 2.24 bits per heavy atom. The summed E-state index contributed by atoms with van der Waals surface area (Å²) in [6, 6.07) is 5.20. The van der Waals surface area contributed by atoms with Crippen LogP contribution in [-0.2, 0) is 6.54 Å². The van der Waals surface area contributed by atoms with Gasteiger partial charge in [-0.2, -0.15) is 0 Å². The number of aromatic nitrogens is 2. The van der Waals surface area contributed by atoms with Gasteiger partial charge >= 0.3 is 0 Å². The molecule has 2 aromatic rings. The van der Waals surface area contributed by atoms with E-state index < -0.39 is 0 Å². The Morgan fingerprint density at radius 1 is 1.47 bits per heavy atom. The Bertz CT molecular complexity index is 612. The van der Waals surface area contributed by atoms with Gasteiger partial charge in [-0.1, -0.05) is 17.7 Å². The van der Waals surface area contributed by atoms with Crippen LogP contribution in [0.5, 0.6) is 0 Å². The third kappa shape index (κ3) is 2.68. The van der Waals surface area contributed by atoms with Crippen LogP contribution in [-0.4, -0.2) is 9.55 Å². The number of nitrogens with two attached hydrogens (primary N) is 1. The molecule has 0 aliphatic rings. The van der Waals surface area contributed by atoms with E-state index in [2.05, 4.69) is 20.9 Å². The Labute approximate surface area is 111 Å². The van der Waals surface area contributed by atoms with Crippen LogP contribution in [0.15, 0.2) is 40.0 Å². The van der Waals surface area contributed by atoms with Crippen molar-refractivity contribution in [3.05, 3.63) is 56.1 Å². The molecule has 88 valence electrons. The van der Waals surface area contributed by atoms with Crippen LogP contribution < -0.4 is 11.3 Å². The first kappa shape index (κ1) is 12.1. The molecule has 0 aliphatic heterocycles. The molecule has 0 amide bonds. The summed E-state index contributed by atoms with van der Waals surface area (Å²) in [7, 11) is 0. The molecule has 0 unspecified atom stereocenters. The van der Waals surface area contributed by atoms with Crippen molar-refractivity contribution in [3.63, 3.8) is 0 Å². The zero-order chi connectivity index (χ0) is 12.4. The Balaban J connectivity index is 2.38. The predicted octanol–water partition coefficient (Wildman–Crippen LogP) is 2.29. The van der Waals surface area contributed by atoms with E-state index in [-0.39, 0.29) is 5.56 Å². The van der Waals surface area contributed by atoms with Crippen LogP contribution in [0.25, 0.3) is 0 Å². The number of nitrogens with zero attached hydrogens (tertiary/aromatic N) is 2. The van der Waals surface area contributed by atoms with E-state index in [1.165, 1.54) is 17.1 Å². The standard InChI is InChI=1S/C11H9BrClN3O/c12-9-4-15-6-16(11(9)17)5-7-1-2-8(13)3-10(7)14/h1-4,6H,5,14H2. The molecule has 0 spiro atoms. The molecular formula is C11H9BrClN3O. The van der Waals surface area contributed by atoms with Gasteiger partial charge in [0.15, 0.2) is 0 Å². The van der Waals surface area contributed by atoms with E-state index in [0.29, 0.717) is 21.7 Å².